The van der Waals surface area contributed by atoms with Gasteiger partial charge in [-0.15, -0.1) is 0 Å². The van der Waals surface area contributed by atoms with Crippen molar-refractivity contribution >= 4 is 11.9 Å². The highest BCUT2D eigenvalue weighted by Crippen LogP contribution is 2.13. The third-order valence-corrected chi connectivity index (χ3v) is 4.91. The Kier molecular flexibility index (Phi) is 7.99. The summed E-state index contributed by atoms with van der Waals surface area (Å²) in [6, 6.07) is 28.4. The highest BCUT2D eigenvalue weighted by atomic mass is 16.5. The standard InChI is InChI=1S/C27H30N2O2/c1-21(2)31-27(28-26(30)25-17-11-10-12-22(25)3)29(20-24-15-8-5-9-16-24)19-18-23-13-6-4-7-14-23/h4-17,21H,18-20H2,1-3H3. The Morgan fingerprint density at radius 3 is 2.06 bits per heavy atom. The van der Waals surface area contributed by atoms with Crippen LogP contribution in [-0.4, -0.2) is 29.5 Å². The van der Waals surface area contributed by atoms with E-state index in [9.17, 15) is 4.79 Å². The van der Waals surface area contributed by atoms with Crippen molar-refractivity contribution in [3.63, 3.8) is 0 Å². The summed E-state index contributed by atoms with van der Waals surface area (Å²) in [5.74, 6) is -0.286. The van der Waals surface area contributed by atoms with Crippen LogP contribution in [0.4, 0.5) is 0 Å². The first-order valence-electron chi connectivity index (χ1n) is 10.7. The zero-order valence-electron chi connectivity index (χ0n) is 18.5. The number of amides is 1. The molecular formula is C27H30N2O2. The number of hydrogen-bond acceptors (Lipinski definition) is 2. The van der Waals surface area contributed by atoms with Gasteiger partial charge in [0.2, 0.25) is 0 Å². The first-order chi connectivity index (χ1) is 15.0. The van der Waals surface area contributed by atoms with Crippen molar-refractivity contribution in [1.82, 2.24) is 4.90 Å². The van der Waals surface area contributed by atoms with Gasteiger partial charge in [-0.25, -0.2) is 0 Å². The van der Waals surface area contributed by atoms with Gasteiger partial charge in [0.25, 0.3) is 11.9 Å². The lowest BCUT2D eigenvalue weighted by Crippen LogP contribution is -2.36. The maximum Gasteiger partial charge on any atom is 0.296 e. The largest absolute Gasteiger partial charge is 0.462 e. The van der Waals surface area contributed by atoms with Crippen LogP contribution in [0.2, 0.25) is 0 Å². The first-order valence-corrected chi connectivity index (χ1v) is 10.7. The van der Waals surface area contributed by atoms with Crippen LogP contribution >= 0.6 is 0 Å². The van der Waals surface area contributed by atoms with E-state index < -0.39 is 0 Å². The van der Waals surface area contributed by atoms with Crippen LogP contribution in [0, 0.1) is 6.92 Å². The fourth-order valence-corrected chi connectivity index (χ4v) is 3.30. The molecule has 3 aromatic carbocycles. The number of benzene rings is 3. The van der Waals surface area contributed by atoms with Crippen LogP contribution in [-0.2, 0) is 17.7 Å². The van der Waals surface area contributed by atoms with Crippen LogP contribution in [0.5, 0.6) is 0 Å². The Bertz CT molecular complexity index is 998. The number of aryl methyl sites for hydroxylation is 1. The van der Waals surface area contributed by atoms with Crippen molar-refractivity contribution in [2.75, 3.05) is 6.54 Å². The average Bonchev–Trinajstić information content (AvgIpc) is 2.77. The van der Waals surface area contributed by atoms with Crippen molar-refractivity contribution in [1.29, 1.82) is 0 Å². The Morgan fingerprint density at radius 2 is 1.45 bits per heavy atom. The minimum Gasteiger partial charge on any atom is -0.462 e. The van der Waals surface area contributed by atoms with Crippen LogP contribution in [0.1, 0.15) is 40.9 Å². The topological polar surface area (TPSA) is 41.9 Å². The molecule has 0 heterocycles. The molecule has 0 radical (unpaired) electrons. The Labute approximate surface area is 185 Å². The normalized spacial score (nSPS) is 11.4. The maximum absolute atomic E-state index is 13.0. The van der Waals surface area contributed by atoms with Gasteiger partial charge in [0, 0.05) is 18.7 Å². The number of rotatable bonds is 7. The minimum atomic E-state index is -0.286. The molecule has 0 saturated carbocycles. The van der Waals surface area contributed by atoms with E-state index in [0.29, 0.717) is 24.7 Å². The fourth-order valence-electron chi connectivity index (χ4n) is 3.30. The zero-order chi connectivity index (χ0) is 22.1. The first kappa shape index (κ1) is 22.3. The van der Waals surface area contributed by atoms with Crippen molar-refractivity contribution in [3.8, 4) is 0 Å². The lowest BCUT2D eigenvalue weighted by atomic mass is 10.1. The van der Waals surface area contributed by atoms with Crippen molar-refractivity contribution in [2.24, 2.45) is 4.99 Å². The summed E-state index contributed by atoms with van der Waals surface area (Å²) in [7, 11) is 0. The molecule has 160 valence electrons. The molecule has 0 atom stereocenters. The summed E-state index contributed by atoms with van der Waals surface area (Å²) < 4.78 is 6.06. The summed E-state index contributed by atoms with van der Waals surface area (Å²) in [5.41, 5.74) is 3.86. The molecule has 0 saturated heterocycles. The molecule has 0 bridgehead atoms. The number of nitrogens with zero attached hydrogens (tertiary/aromatic N) is 2. The number of aliphatic imine (C=N–C) groups is 1. The lowest BCUT2D eigenvalue weighted by Gasteiger charge is -2.27. The molecule has 0 aliphatic heterocycles. The van der Waals surface area contributed by atoms with Crippen molar-refractivity contribution in [2.45, 2.75) is 39.8 Å². The van der Waals surface area contributed by atoms with Crippen molar-refractivity contribution in [3.05, 3.63) is 107 Å². The zero-order valence-corrected chi connectivity index (χ0v) is 18.5. The molecule has 4 heteroatoms. The Balaban J connectivity index is 1.91. The predicted molar refractivity (Wildman–Crippen MR) is 126 cm³/mol. The van der Waals surface area contributed by atoms with E-state index in [1.165, 1.54) is 5.56 Å². The van der Waals surface area contributed by atoms with Gasteiger partial charge >= 0.3 is 0 Å². The number of ether oxygens (including phenoxy) is 1. The third kappa shape index (κ3) is 6.82. The van der Waals surface area contributed by atoms with Gasteiger partial charge in [0.15, 0.2) is 0 Å². The molecule has 0 N–H and O–H groups in total. The van der Waals surface area contributed by atoms with E-state index in [0.717, 1.165) is 17.5 Å². The number of amidine groups is 1. The monoisotopic (exact) mass is 414 g/mol. The van der Waals surface area contributed by atoms with Gasteiger partial charge in [0.05, 0.1) is 6.10 Å². The quantitative estimate of drug-likeness (QED) is 0.370. The Morgan fingerprint density at radius 1 is 0.871 bits per heavy atom. The highest BCUT2D eigenvalue weighted by Gasteiger charge is 2.19. The molecule has 0 aliphatic carbocycles. The molecule has 0 unspecified atom stereocenters. The van der Waals surface area contributed by atoms with Crippen LogP contribution in [0.25, 0.3) is 0 Å². The molecule has 0 spiro atoms. The molecule has 3 rings (SSSR count). The molecule has 0 aliphatic rings. The SMILES string of the molecule is Cc1ccccc1C(=O)N=C(OC(C)C)N(CCc1ccccc1)Cc1ccccc1. The van der Waals surface area contributed by atoms with E-state index in [1.54, 1.807) is 6.07 Å². The van der Waals surface area contributed by atoms with E-state index in [2.05, 4.69) is 34.2 Å². The highest BCUT2D eigenvalue weighted by molar-refractivity contribution is 6.02. The molecule has 3 aromatic rings. The fraction of sp³-hybridized carbons (Fsp3) is 0.259. The average molecular weight is 415 g/mol. The molecule has 0 fully saturated rings. The van der Waals surface area contributed by atoms with Gasteiger partial charge in [-0.1, -0.05) is 78.9 Å². The van der Waals surface area contributed by atoms with E-state index >= 15 is 0 Å². The summed E-state index contributed by atoms with van der Waals surface area (Å²) >= 11 is 0. The molecule has 31 heavy (non-hydrogen) atoms. The molecule has 0 aromatic heterocycles. The number of carbonyl (C=O) groups excluding carboxylic acids is 1. The van der Waals surface area contributed by atoms with Gasteiger partial charge in [-0.3, -0.25) is 4.79 Å². The smallest absolute Gasteiger partial charge is 0.296 e. The second-order valence-corrected chi connectivity index (χ2v) is 7.82. The second-order valence-electron chi connectivity index (χ2n) is 7.82. The third-order valence-electron chi connectivity index (χ3n) is 4.91. The van der Waals surface area contributed by atoms with Gasteiger partial charge < -0.3 is 9.64 Å². The van der Waals surface area contributed by atoms with Crippen molar-refractivity contribution < 1.29 is 9.53 Å². The van der Waals surface area contributed by atoms with E-state index in [4.69, 9.17) is 4.74 Å². The summed E-state index contributed by atoms with van der Waals surface area (Å²) in [4.78, 5) is 19.5. The molecule has 1 amide bonds. The molecular weight excluding hydrogens is 384 g/mol. The number of carbonyl (C=O) groups is 1. The molecule has 4 nitrogen and oxygen atoms in total. The summed E-state index contributed by atoms with van der Waals surface area (Å²) in [5, 5.41) is 0. The summed E-state index contributed by atoms with van der Waals surface area (Å²) in [6.45, 7) is 7.12. The lowest BCUT2D eigenvalue weighted by molar-refractivity contribution is 0.0987. The maximum atomic E-state index is 13.0. The predicted octanol–water partition coefficient (Wildman–Crippen LogP) is 5.66. The Hall–Kier alpha value is -3.40. The van der Waals surface area contributed by atoms with Gasteiger partial charge in [-0.2, -0.15) is 4.99 Å². The van der Waals surface area contributed by atoms with Crippen LogP contribution < -0.4 is 0 Å². The summed E-state index contributed by atoms with van der Waals surface area (Å²) in [6.07, 6.45) is 0.727. The second kappa shape index (κ2) is 11.1. The van der Waals surface area contributed by atoms with E-state index in [1.807, 2.05) is 75.4 Å². The van der Waals surface area contributed by atoms with Gasteiger partial charge in [-0.05, 0) is 49.9 Å². The van der Waals surface area contributed by atoms with E-state index in [-0.39, 0.29) is 12.0 Å². The van der Waals surface area contributed by atoms with Gasteiger partial charge in [0.1, 0.15) is 0 Å². The number of hydrogen-bond donors (Lipinski definition) is 0. The van der Waals surface area contributed by atoms with Crippen LogP contribution in [0.15, 0.2) is 89.9 Å². The minimum absolute atomic E-state index is 0.0987. The van der Waals surface area contributed by atoms with Crippen LogP contribution in [0.3, 0.4) is 0 Å².